The van der Waals surface area contributed by atoms with Crippen molar-refractivity contribution in [2.45, 2.75) is 33.2 Å². The Morgan fingerprint density at radius 1 is 1.28 bits per heavy atom. The van der Waals surface area contributed by atoms with Gasteiger partial charge in [-0.2, -0.15) is 0 Å². The van der Waals surface area contributed by atoms with E-state index in [1.54, 1.807) is 0 Å². The number of likely N-dealkylation sites (N-methyl/N-ethyl adjacent to an activating group) is 1. The Kier molecular flexibility index (Phi) is 6.68. The van der Waals surface area contributed by atoms with Crippen molar-refractivity contribution in [2.75, 3.05) is 33.2 Å². The SMILES string of the molecule is CCN(C)CCNC(=O)N(CC(=O)O)C(C)(C)C. The average molecular weight is 259 g/mol. The third kappa shape index (κ3) is 6.44. The second-order valence-corrected chi connectivity index (χ2v) is 5.28. The fraction of sp³-hybridized carbons (Fsp3) is 0.833. The van der Waals surface area contributed by atoms with E-state index in [2.05, 4.69) is 10.2 Å². The molecule has 0 bridgehead atoms. The maximum atomic E-state index is 11.9. The molecule has 18 heavy (non-hydrogen) atoms. The van der Waals surface area contributed by atoms with Crippen LogP contribution in [0, 0.1) is 0 Å². The predicted octanol–water partition coefficient (Wildman–Crippen LogP) is 0.833. The third-order valence-electron chi connectivity index (χ3n) is 2.66. The fourth-order valence-corrected chi connectivity index (χ4v) is 1.36. The summed E-state index contributed by atoms with van der Waals surface area (Å²) in [5.74, 6) is -1.01. The maximum Gasteiger partial charge on any atom is 0.323 e. The van der Waals surface area contributed by atoms with Crippen LogP contribution in [-0.2, 0) is 4.79 Å². The van der Waals surface area contributed by atoms with Gasteiger partial charge in [0.1, 0.15) is 6.54 Å². The molecule has 0 unspecified atom stereocenters. The number of aliphatic carboxylic acids is 1. The van der Waals surface area contributed by atoms with E-state index in [-0.39, 0.29) is 12.6 Å². The topological polar surface area (TPSA) is 72.9 Å². The van der Waals surface area contributed by atoms with Crippen molar-refractivity contribution in [3.8, 4) is 0 Å². The highest BCUT2D eigenvalue weighted by atomic mass is 16.4. The van der Waals surface area contributed by atoms with Crippen molar-refractivity contribution in [1.82, 2.24) is 15.1 Å². The van der Waals surface area contributed by atoms with Crippen molar-refractivity contribution >= 4 is 12.0 Å². The average Bonchev–Trinajstić information content (AvgIpc) is 2.23. The van der Waals surface area contributed by atoms with Crippen molar-refractivity contribution in [3.05, 3.63) is 0 Å². The Balaban J connectivity index is 4.35. The minimum atomic E-state index is -1.01. The Hall–Kier alpha value is -1.30. The smallest absolute Gasteiger partial charge is 0.323 e. The summed E-state index contributed by atoms with van der Waals surface area (Å²) >= 11 is 0. The van der Waals surface area contributed by atoms with Crippen LogP contribution in [0.2, 0.25) is 0 Å². The number of nitrogens with zero attached hydrogens (tertiary/aromatic N) is 2. The summed E-state index contributed by atoms with van der Waals surface area (Å²) in [6.07, 6.45) is 0. The molecule has 0 aliphatic rings. The molecule has 0 rings (SSSR count). The molecule has 2 amide bonds. The molecule has 0 aromatic heterocycles. The molecule has 0 atom stereocenters. The summed E-state index contributed by atoms with van der Waals surface area (Å²) in [7, 11) is 1.96. The van der Waals surface area contributed by atoms with E-state index in [1.165, 1.54) is 4.90 Å². The lowest BCUT2D eigenvalue weighted by Crippen LogP contribution is -2.53. The zero-order chi connectivity index (χ0) is 14.3. The molecule has 0 saturated heterocycles. The number of urea groups is 1. The lowest BCUT2D eigenvalue weighted by molar-refractivity contribution is -0.138. The van der Waals surface area contributed by atoms with Gasteiger partial charge in [-0.05, 0) is 34.4 Å². The van der Waals surface area contributed by atoms with Crippen LogP contribution in [0.15, 0.2) is 0 Å². The molecule has 106 valence electrons. The van der Waals surface area contributed by atoms with Crippen LogP contribution in [0.25, 0.3) is 0 Å². The van der Waals surface area contributed by atoms with E-state index in [0.717, 1.165) is 13.1 Å². The van der Waals surface area contributed by atoms with E-state index < -0.39 is 11.5 Å². The van der Waals surface area contributed by atoms with E-state index >= 15 is 0 Å². The summed E-state index contributed by atoms with van der Waals surface area (Å²) < 4.78 is 0. The zero-order valence-corrected chi connectivity index (χ0v) is 12.0. The van der Waals surface area contributed by atoms with E-state index in [0.29, 0.717) is 6.54 Å². The lowest BCUT2D eigenvalue weighted by Gasteiger charge is -2.34. The van der Waals surface area contributed by atoms with Crippen molar-refractivity contribution in [2.24, 2.45) is 0 Å². The van der Waals surface area contributed by atoms with Gasteiger partial charge >= 0.3 is 12.0 Å². The molecule has 2 N–H and O–H groups in total. The number of nitrogens with one attached hydrogen (secondary N) is 1. The Morgan fingerprint density at radius 3 is 2.22 bits per heavy atom. The van der Waals surface area contributed by atoms with Crippen LogP contribution < -0.4 is 5.32 Å². The molecule has 0 aromatic rings. The van der Waals surface area contributed by atoms with Crippen LogP contribution in [0.3, 0.4) is 0 Å². The highest BCUT2D eigenvalue weighted by Gasteiger charge is 2.28. The summed E-state index contributed by atoms with van der Waals surface area (Å²) in [6.45, 7) is 9.35. The number of carboxylic acid groups (broad SMARTS) is 1. The first-order valence-corrected chi connectivity index (χ1v) is 6.14. The highest BCUT2D eigenvalue weighted by Crippen LogP contribution is 2.12. The van der Waals surface area contributed by atoms with Gasteiger partial charge in [-0.1, -0.05) is 6.92 Å². The Morgan fingerprint density at radius 2 is 1.83 bits per heavy atom. The van der Waals surface area contributed by atoms with Crippen LogP contribution in [0.1, 0.15) is 27.7 Å². The fourth-order valence-electron chi connectivity index (χ4n) is 1.36. The summed E-state index contributed by atoms with van der Waals surface area (Å²) in [5.41, 5.74) is -0.515. The van der Waals surface area contributed by atoms with Crippen LogP contribution >= 0.6 is 0 Å². The standard InChI is InChI=1S/C12H25N3O3/c1-6-14(5)8-7-13-11(18)15(9-10(16)17)12(2,3)4/h6-9H2,1-5H3,(H,13,18)(H,16,17). The normalized spacial score (nSPS) is 11.4. The van der Waals surface area contributed by atoms with Gasteiger partial charge in [0, 0.05) is 18.6 Å². The molecule has 0 saturated carbocycles. The van der Waals surface area contributed by atoms with Gasteiger partial charge in [-0.15, -0.1) is 0 Å². The molecule has 0 fully saturated rings. The van der Waals surface area contributed by atoms with Gasteiger partial charge in [-0.25, -0.2) is 4.79 Å². The maximum absolute atomic E-state index is 11.9. The monoisotopic (exact) mass is 259 g/mol. The zero-order valence-electron chi connectivity index (χ0n) is 12.0. The number of carbonyl (C=O) groups excluding carboxylic acids is 1. The number of carbonyl (C=O) groups is 2. The molecule has 0 radical (unpaired) electrons. The van der Waals surface area contributed by atoms with Gasteiger partial charge in [-0.3, -0.25) is 4.79 Å². The summed E-state index contributed by atoms with van der Waals surface area (Å²) in [6, 6.07) is -0.339. The van der Waals surface area contributed by atoms with E-state index in [9.17, 15) is 9.59 Å². The van der Waals surface area contributed by atoms with Crippen LogP contribution in [0.5, 0.6) is 0 Å². The molecule has 6 heteroatoms. The van der Waals surface area contributed by atoms with Gasteiger partial charge in [0.15, 0.2) is 0 Å². The van der Waals surface area contributed by atoms with E-state index in [1.807, 2.05) is 34.7 Å². The first-order valence-electron chi connectivity index (χ1n) is 6.14. The third-order valence-corrected chi connectivity index (χ3v) is 2.66. The molecule has 0 spiro atoms. The molecule has 0 aliphatic heterocycles. The van der Waals surface area contributed by atoms with Gasteiger partial charge in [0.2, 0.25) is 0 Å². The first-order chi connectivity index (χ1) is 8.18. The number of rotatable bonds is 6. The van der Waals surface area contributed by atoms with Gasteiger partial charge < -0.3 is 20.2 Å². The minimum absolute atomic E-state index is 0.293. The molecule has 0 heterocycles. The number of hydrogen-bond acceptors (Lipinski definition) is 3. The number of amides is 2. The first kappa shape index (κ1) is 16.7. The quantitative estimate of drug-likeness (QED) is 0.741. The van der Waals surface area contributed by atoms with E-state index in [4.69, 9.17) is 5.11 Å². The molecule has 6 nitrogen and oxygen atoms in total. The Labute approximate surface area is 109 Å². The van der Waals surface area contributed by atoms with Crippen LogP contribution in [0.4, 0.5) is 4.79 Å². The predicted molar refractivity (Wildman–Crippen MR) is 70.7 cm³/mol. The number of hydrogen-bond donors (Lipinski definition) is 2. The molecular formula is C12H25N3O3. The molecular weight excluding hydrogens is 234 g/mol. The minimum Gasteiger partial charge on any atom is -0.480 e. The number of carboxylic acids is 1. The largest absolute Gasteiger partial charge is 0.480 e. The van der Waals surface area contributed by atoms with Crippen molar-refractivity contribution < 1.29 is 14.7 Å². The van der Waals surface area contributed by atoms with Crippen LogP contribution in [-0.4, -0.2) is 65.7 Å². The lowest BCUT2D eigenvalue weighted by atomic mass is 10.1. The van der Waals surface area contributed by atoms with Gasteiger partial charge in [0.25, 0.3) is 0 Å². The van der Waals surface area contributed by atoms with Gasteiger partial charge in [0.05, 0.1) is 0 Å². The molecule has 0 aromatic carbocycles. The summed E-state index contributed by atoms with van der Waals surface area (Å²) in [4.78, 5) is 26.1. The summed E-state index contributed by atoms with van der Waals surface area (Å²) in [5, 5.41) is 11.6. The second kappa shape index (κ2) is 7.20. The second-order valence-electron chi connectivity index (χ2n) is 5.28. The highest BCUT2D eigenvalue weighted by molar-refractivity contribution is 5.80. The van der Waals surface area contributed by atoms with Crippen molar-refractivity contribution in [1.29, 1.82) is 0 Å². The molecule has 0 aliphatic carbocycles. The Bertz CT molecular complexity index is 287. The van der Waals surface area contributed by atoms with Crippen molar-refractivity contribution in [3.63, 3.8) is 0 Å².